The molecular weight excluding hydrogens is 266 g/mol. The normalized spacial score (nSPS) is 18.0. The van der Waals surface area contributed by atoms with Gasteiger partial charge < -0.3 is 9.84 Å². The van der Waals surface area contributed by atoms with Gasteiger partial charge in [-0.05, 0) is 26.7 Å². The van der Waals surface area contributed by atoms with Gasteiger partial charge in [0.25, 0.3) is 0 Å². The van der Waals surface area contributed by atoms with Gasteiger partial charge in [0, 0.05) is 18.4 Å². The predicted molar refractivity (Wildman–Crippen MR) is 78.4 cm³/mol. The molecule has 1 aliphatic carbocycles. The van der Waals surface area contributed by atoms with Crippen LogP contribution in [0.25, 0.3) is 11.5 Å². The van der Waals surface area contributed by atoms with Crippen molar-refractivity contribution in [1.29, 1.82) is 0 Å². The summed E-state index contributed by atoms with van der Waals surface area (Å²) >= 11 is 0. The number of hydrogen-bond donors (Lipinski definition) is 1. The van der Waals surface area contributed by atoms with Gasteiger partial charge in [-0.3, -0.25) is 4.98 Å². The third-order valence-electron chi connectivity index (χ3n) is 3.90. The SMILES string of the molecule is CC(C)NC1(c2nc(-c3cnccn3)no2)CCCCC1. The van der Waals surface area contributed by atoms with E-state index < -0.39 is 0 Å². The highest BCUT2D eigenvalue weighted by Gasteiger charge is 2.39. The van der Waals surface area contributed by atoms with Crippen LogP contribution in [0.2, 0.25) is 0 Å². The first-order chi connectivity index (χ1) is 10.2. The maximum Gasteiger partial charge on any atom is 0.247 e. The molecule has 0 aromatic carbocycles. The van der Waals surface area contributed by atoms with E-state index in [-0.39, 0.29) is 5.54 Å². The van der Waals surface area contributed by atoms with Gasteiger partial charge >= 0.3 is 0 Å². The molecule has 21 heavy (non-hydrogen) atoms. The first kappa shape index (κ1) is 14.1. The summed E-state index contributed by atoms with van der Waals surface area (Å²) in [5, 5.41) is 7.73. The van der Waals surface area contributed by atoms with Crippen molar-refractivity contribution in [3.63, 3.8) is 0 Å². The molecule has 1 fully saturated rings. The molecular formula is C15H21N5O. The van der Waals surface area contributed by atoms with Crippen LogP contribution in [0, 0.1) is 0 Å². The zero-order valence-corrected chi connectivity index (χ0v) is 12.5. The van der Waals surface area contributed by atoms with E-state index >= 15 is 0 Å². The number of nitrogens with one attached hydrogen (secondary N) is 1. The van der Waals surface area contributed by atoms with E-state index in [9.17, 15) is 0 Å². The molecule has 0 spiro atoms. The zero-order valence-electron chi connectivity index (χ0n) is 12.5. The monoisotopic (exact) mass is 287 g/mol. The van der Waals surface area contributed by atoms with Crippen LogP contribution < -0.4 is 5.32 Å². The van der Waals surface area contributed by atoms with Crippen LogP contribution in [0.4, 0.5) is 0 Å². The number of rotatable bonds is 4. The second-order valence-corrected chi connectivity index (χ2v) is 5.96. The first-order valence-corrected chi connectivity index (χ1v) is 7.58. The third-order valence-corrected chi connectivity index (χ3v) is 3.90. The Bertz CT molecular complexity index is 575. The van der Waals surface area contributed by atoms with E-state index in [1.165, 1.54) is 19.3 Å². The maximum atomic E-state index is 5.57. The highest BCUT2D eigenvalue weighted by Crippen LogP contribution is 2.37. The summed E-state index contributed by atoms with van der Waals surface area (Å²) in [5.74, 6) is 1.19. The molecule has 2 aromatic heterocycles. The van der Waals surface area contributed by atoms with E-state index in [2.05, 4.69) is 39.3 Å². The van der Waals surface area contributed by atoms with E-state index in [1.807, 2.05) is 0 Å². The minimum absolute atomic E-state index is 0.195. The van der Waals surface area contributed by atoms with Crippen LogP contribution in [0.3, 0.4) is 0 Å². The Morgan fingerprint density at radius 1 is 1.19 bits per heavy atom. The van der Waals surface area contributed by atoms with Crippen molar-refractivity contribution >= 4 is 0 Å². The summed E-state index contributed by atoms with van der Waals surface area (Å²) < 4.78 is 5.57. The van der Waals surface area contributed by atoms with Crippen LogP contribution in [-0.2, 0) is 5.54 Å². The highest BCUT2D eigenvalue weighted by molar-refractivity contribution is 5.45. The molecule has 6 nitrogen and oxygen atoms in total. The molecule has 112 valence electrons. The summed E-state index contributed by atoms with van der Waals surface area (Å²) in [5.41, 5.74) is 0.447. The van der Waals surface area contributed by atoms with Crippen molar-refractivity contribution < 1.29 is 4.52 Å². The molecule has 1 N–H and O–H groups in total. The zero-order chi connectivity index (χ0) is 14.7. The smallest absolute Gasteiger partial charge is 0.247 e. The summed E-state index contributed by atoms with van der Waals surface area (Å²) in [6.07, 6.45) is 10.6. The fourth-order valence-electron chi connectivity index (χ4n) is 3.06. The Morgan fingerprint density at radius 3 is 2.67 bits per heavy atom. The molecule has 3 rings (SSSR count). The van der Waals surface area contributed by atoms with Crippen molar-refractivity contribution in [1.82, 2.24) is 25.4 Å². The average Bonchev–Trinajstić information content (AvgIpc) is 2.99. The molecule has 0 bridgehead atoms. The van der Waals surface area contributed by atoms with Gasteiger partial charge in [0.1, 0.15) is 5.69 Å². The minimum Gasteiger partial charge on any atom is -0.337 e. The van der Waals surface area contributed by atoms with Gasteiger partial charge in [-0.1, -0.05) is 24.4 Å². The molecule has 0 radical (unpaired) electrons. The molecule has 1 saturated carbocycles. The van der Waals surface area contributed by atoms with E-state index in [4.69, 9.17) is 4.52 Å². The van der Waals surface area contributed by atoms with Gasteiger partial charge in [-0.2, -0.15) is 4.98 Å². The number of hydrogen-bond acceptors (Lipinski definition) is 6. The highest BCUT2D eigenvalue weighted by atomic mass is 16.5. The fraction of sp³-hybridized carbons (Fsp3) is 0.600. The number of nitrogens with zero attached hydrogens (tertiary/aromatic N) is 4. The van der Waals surface area contributed by atoms with Crippen molar-refractivity contribution in [3.8, 4) is 11.5 Å². The van der Waals surface area contributed by atoms with Crippen LogP contribution in [0.5, 0.6) is 0 Å². The molecule has 6 heteroatoms. The fourth-order valence-corrected chi connectivity index (χ4v) is 3.06. The topological polar surface area (TPSA) is 76.7 Å². The minimum atomic E-state index is -0.195. The van der Waals surface area contributed by atoms with Gasteiger partial charge in [-0.15, -0.1) is 0 Å². The van der Waals surface area contributed by atoms with E-state index in [0.717, 1.165) is 12.8 Å². The lowest BCUT2D eigenvalue weighted by Gasteiger charge is -2.36. The Morgan fingerprint density at radius 2 is 2.00 bits per heavy atom. The van der Waals surface area contributed by atoms with Crippen molar-refractivity contribution in [3.05, 3.63) is 24.5 Å². The molecule has 0 amide bonds. The standard InChI is InChI=1S/C15H21N5O/c1-11(2)19-15(6-4-3-5-7-15)14-18-13(20-21-14)12-10-16-8-9-17-12/h8-11,19H,3-7H2,1-2H3. The average molecular weight is 287 g/mol. The quantitative estimate of drug-likeness (QED) is 0.931. The predicted octanol–water partition coefficient (Wildman–Crippen LogP) is 2.68. The second-order valence-electron chi connectivity index (χ2n) is 5.96. The van der Waals surface area contributed by atoms with Gasteiger partial charge in [0.2, 0.25) is 11.7 Å². The van der Waals surface area contributed by atoms with Crippen LogP contribution in [0.1, 0.15) is 51.8 Å². The Balaban J connectivity index is 1.92. The lowest BCUT2D eigenvalue weighted by atomic mass is 9.81. The van der Waals surface area contributed by atoms with Gasteiger partial charge in [-0.25, -0.2) is 4.98 Å². The lowest BCUT2D eigenvalue weighted by Crippen LogP contribution is -2.47. The van der Waals surface area contributed by atoms with Crippen LogP contribution in [0.15, 0.2) is 23.1 Å². The summed E-state index contributed by atoms with van der Waals surface area (Å²) in [6.45, 7) is 4.30. The molecule has 0 aliphatic heterocycles. The van der Waals surface area contributed by atoms with Crippen molar-refractivity contribution in [2.24, 2.45) is 0 Å². The Kier molecular flexibility index (Phi) is 3.96. The molecule has 2 aromatic rings. The number of aromatic nitrogens is 4. The summed E-state index contributed by atoms with van der Waals surface area (Å²) in [6, 6.07) is 0.370. The molecule has 0 saturated heterocycles. The first-order valence-electron chi connectivity index (χ1n) is 7.58. The molecule has 1 aliphatic rings. The van der Waals surface area contributed by atoms with Crippen LogP contribution >= 0.6 is 0 Å². The Labute approximate surface area is 124 Å². The third kappa shape index (κ3) is 2.95. The largest absolute Gasteiger partial charge is 0.337 e. The molecule has 0 atom stereocenters. The summed E-state index contributed by atoms with van der Waals surface area (Å²) in [4.78, 5) is 12.9. The Hall–Kier alpha value is -1.82. The van der Waals surface area contributed by atoms with Crippen molar-refractivity contribution in [2.45, 2.75) is 57.5 Å². The lowest BCUT2D eigenvalue weighted by molar-refractivity contribution is 0.159. The molecule has 2 heterocycles. The van der Waals surface area contributed by atoms with Crippen molar-refractivity contribution in [2.75, 3.05) is 0 Å². The van der Waals surface area contributed by atoms with E-state index in [1.54, 1.807) is 18.6 Å². The van der Waals surface area contributed by atoms with Gasteiger partial charge in [0.05, 0.1) is 11.7 Å². The second kappa shape index (κ2) is 5.89. The van der Waals surface area contributed by atoms with Crippen LogP contribution in [-0.4, -0.2) is 26.2 Å². The summed E-state index contributed by atoms with van der Waals surface area (Å²) in [7, 11) is 0. The van der Waals surface area contributed by atoms with Gasteiger partial charge in [0.15, 0.2) is 0 Å². The maximum absolute atomic E-state index is 5.57. The van der Waals surface area contributed by atoms with E-state index in [0.29, 0.717) is 23.5 Å². The molecule has 0 unspecified atom stereocenters.